The minimum absolute atomic E-state index is 0.445. The van der Waals surface area contributed by atoms with Crippen molar-refractivity contribution in [2.24, 2.45) is 0 Å². The van der Waals surface area contributed by atoms with Crippen LogP contribution in [0, 0.1) is 18.6 Å². The Hall–Kier alpha value is -2.60. The fraction of sp³-hybridized carbons (Fsp3) is 0.0588. The lowest BCUT2D eigenvalue weighted by Crippen LogP contribution is -2.15. The highest BCUT2D eigenvalue weighted by Gasteiger charge is 2.17. The van der Waals surface area contributed by atoms with E-state index in [1.165, 1.54) is 17.4 Å². The van der Waals surface area contributed by atoms with Gasteiger partial charge in [-0.25, -0.2) is 13.8 Å². The molecule has 3 aromatic rings. The summed E-state index contributed by atoms with van der Waals surface area (Å²) in [5.41, 5.74) is 1.46. The van der Waals surface area contributed by atoms with E-state index in [4.69, 9.17) is 0 Å². The zero-order valence-electron chi connectivity index (χ0n) is 12.1. The summed E-state index contributed by atoms with van der Waals surface area (Å²) in [7, 11) is 0. The van der Waals surface area contributed by atoms with Gasteiger partial charge in [-0.3, -0.25) is 4.79 Å². The molecule has 0 aliphatic heterocycles. The van der Waals surface area contributed by atoms with Crippen molar-refractivity contribution in [3.05, 3.63) is 70.1 Å². The average molecular weight is 330 g/mol. The lowest BCUT2D eigenvalue weighted by molar-refractivity contribution is 0.101. The third-order valence-electron chi connectivity index (χ3n) is 3.23. The second kappa shape index (κ2) is 6.26. The number of thiazole rings is 1. The highest BCUT2D eigenvalue weighted by Crippen LogP contribution is 2.24. The maximum absolute atomic E-state index is 13.6. The monoisotopic (exact) mass is 330 g/mol. The molecule has 3 rings (SSSR count). The number of halogens is 2. The van der Waals surface area contributed by atoms with Gasteiger partial charge in [0.15, 0.2) is 0 Å². The first-order valence-corrected chi connectivity index (χ1v) is 7.70. The first-order chi connectivity index (χ1) is 11.0. The number of aromatic nitrogens is 1. The molecule has 0 unspecified atom stereocenters. The summed E-state index contributed by atoms with van der Waals surface area (Å²) >= 11 is 1.52. The van der Waals surface area contributed by atoms with Crippen molar-refractivity contribution in [2.45, 2.75) is 6.92 Å². The largest absolute Gasteiger partial charge is 0.322 e. The number of hydrogen-bond donors (Lipinski definition) is 1. The van der Waals surface area contributed by atoms with E-state index in [-0.39, 0.29) is 0 Å². The highest BCUT2D eigenvalue weighted by atomic mass is 32.1. The lowest BCUT2D eigenvalue weighted by Gasteiger charge is -2.08. The van der Waals surface area contributed by atoms with Crippen LogP contribution in [0.15, 0.2) is 47.8 Å². The lowest BCUT2D eigenvalue weighted by atomic mass is 10.1. The second-order valence-electron chi connectivity index (χ2n) is 4.88. The Morgan fingerprint density at radius 3 is 2.48 bits per heavy atom. The Balaban J connectivity index is 1.87. The van der Waals surface area contributed by atoms with Crippen LogP contribution in [0.4, 0.5) is 14.5 Å². The zero-order valence-corrected chi connectivity index (χ0v) is 13.0. The van der Waals surface area contributed by atoms with Gasteiger partial charge in [-0.2, -0.15) is 0 Å². The summed E-state index contributed by atoms with van der Waals surface area (Å²) < 4.78 is 27.3. The van der Waals surface area contributed by atoms with Crippen LogP contribution >= 0.6 is 11.3 Å². The van der Waals surface area contributed by atoms with Gasteiger partial charge in [0.2, 0.25) is 0 Å². The molecule has 23 heavy (non-hydrogen) atoms. The summed E-state index contributed by atoms with van der Waals surface area (Å²) in [5.74, 6) is -2.62. The standard InChI is InChI=1S/C17H12F2N2OS/c1-10-20-15(9-23-10)11-4-2-5-12(8-11)21-17(22)16-13(18)6-3-7-14(16)19/h2-9H,1H3,(H,21,22). The molecular weight excluding hydrogens is 318 g/mol. The van der Waals surface area contributed by atoms with Crippen LogP contribution in [0.1, 0.15) is 15.4 Å². The maximum Gasteiger partial charge on any atom is 0.261 e. The van der Waals surface area contributed by atoms with Crippen LogP contribution in [-0.2, 0) is 0 Å². The first-order valence-electron chi connectivity index (χ1n) is 6.82. The Labute approximate surface area is 135 Å². The summed E-state index contributed by atoms with van der Waals surface area (Å²) in [6.07, 6.45) is 0. The molecule has 1 amide bonds. The summed E-state index contributed by atoms with van der Waals surface area (Å²) in [6, 6.07) is 10.3. The van der Waals surface area contributed by atoms with Gasteiger partial charge in [0.05, 0.1) is 10.7 Å². The van der Waals surface area contributed by atoms with Gasteiger partial charge in [0, 0.05) is 16.6 Å². The first kappa shape index (κ1) is 15.3. The van der Waals surface area contributed by atoms with Gasteiger partial charge in [0.25, 0.3) is 5.91 Å². The Morgan fingerprint density at radius 2 is 1.83 bits per heavy atom. The summed E-state index contributed by atoms with van der Waals surface area (Å²) in [4.78, 5) is 16.5. The van der Waals surface area contributed by atoms with Crippen molar-refractivity contribution < 1.29 is 13.6 Å². The number of nitrogens with one attached hydrogen (secondary N) is 1. The number of carbonyl (C=O) groups is 1. The Kier molecular flexibility index (Phi) is 4.16. The van der Waals surface area contributed by atoms with E-state index in [1.807, 2.05) is 18.4 Å². The van der Waals surface area contributed by atoms with Crippen LogP contribution in [0.2, 0.25) is 0 Å². The molecule has 0 aliphatic rings. The minimum Gasteiger partial charge on any atom is -0.322 e. The van der Waals surface area contributed by atoms with Crippen molar-refractivity contribution in [2.75, 3.05) is 5.32 Å². The topological polar surface area (TPSA) is 42.0 Å². The van der Waals surface area contributed by atoms with Gasteiger partial charge in [-0.15, -0.1) is 11.3 Å². The Bertz CT molecular complexity index is 856. The molecule has 2 aromatic carbocycles. The van der Waals surface area contributed by atoms with Crippen LogP contribution < -0.4 is 5.32 Å². The van der Waals surface area contributed by atoms with Crippen LogP contribution in [0.3, 0.4) is 0 Å². The number of hydrogen-bond acceptors (Lipinski definition) is 3. The molecule has 1 N–H and O–H groups in total. The SMILES string of the molecule is Cc1nc(-c2cccc(NC(=O)c3c(F)cccc3F)c2)cs1. The minimum atomic E-state index is -0.895. The fourth-order valence-corrected chi connectivity index (χ4v) is 2.78. The van der Waals surface area contributed by atoms with E-state index in [1.54, 1.807) is 18.2 Å². The van der Waals surface area contributed by atoms with Crippen LogP contribution in [0.25, 0.3) is 11.3 Å². The molecule has 0 bridgehead atoms. The molecule has 3 nitrogen and oxygen atoms in total. The third kappa shape index (κ3) is 3.27. The van der Waals surface area contributed by atoms with E-state index in [0.29, 0.717) is 5.69 Å². The third-order valence-corrected chi connectivity index (χ3v) is 4.00. The van der Waals surface area contributed by atoms with Gasteiger partial charge in [-0.1, -0.05) is 18.2 Å². The fourth-order valence-electron chi connectivity index (χ4n) is 2.16. The number of carbonyl (C=O) groups excluding carboxylic acids is 1. The van der Waals surface area contributed by atoms with Gasteiger partial charge < -0.3 is 5.32 Å². The summed E-state index contributed by atoms with van der Waals surface area (Å²) in [6.45, 7) is 1.90. The molecule has 6 heteroatoms. The molecule has 0 saturated carbocycles. The van der Waals surface area contributed by atoms with E-state index in [2.05, 4.69) is 10.3 Å². The van der Waals surface area contributed by atoms with Gasteiger partial charge in [-0.05, 0) is 31.2 Å². The van der Waals surface area contributed by atoms with Crippen LogP contribution in [-0.4, -0.2) is 10.9 Å². The van der Waals surface area contributed by atoms with E-state index < -0.39 is 23.1 Å². The Morgan fingerprint density at radius 1 is 1.13 bits per heavy atom. The number of benzene rings is 2. The zero-order chi connectivity index (χ0) is 16.4. The molecule has 1 heterocycles. The molecule has 0 radical (unpaired) electrons. The van der Waals surface area contributed by atoms with Crippen molar-refractivity contribution in [1.82, 2.24) is 4.98 Å². The predicted octanol–water partition coefficient (Wildman–Crippen LogP) is 4.65. The van der Waals surface area contributed by atoms with E-state index >= 15 is 0 Å². The molecule has 0 atom stereocenters. The van der Waals surface area contributed by atoms with Crippen molar-refractivity contribution in [3.63, 3.8) is 0 Å². The van der Waals surface area contributed by atoms with Gasteiger partial charge in [0.1, 0.15) is 17.2 Å². The van der Waals surface area contributed by atoms with Crippen molar-refractivity contribution in [1.29, 1.82) is 0 Å². The average Bonchev–Trinajstić information content (AvgIpc) is 2.94. The second-order valence-corrected chi connectivity index (χ2v) is 5.95. The normalized spacial score (nSPS) is 10.6. The predicted molar refractivity (Wildman–Crippen MR) is 86.6 cm³/mol. The molecule has 0 saturated heterocycles. The molecular formula is C17H12F2N2OS. The van der Waals surface area contributed by atoms with Crippen molar-refractivity contribution >= 4 is 22.9 Å². The molecule has 0 aliphatic carbocycles. The number of aryl methyl sites for hydroxylation is 1. The molecule has 0 fully saturated rings. The smallest absolute Gasteiger partial charge is 0.261 e. The number of anilines is 1. The number of rotatable bonds is 3. The molecule has 0 spiro atoms. The number of nitrogens with zero attached hydrogens (tertiary/aromatic N) is 1. The van der Waals surface area contributed by atoms with E-state index in [0.717, 1.165) is 28.4 Å². The number of amides is 1. The van der Waals surface area contributed by atoms with Crippen LogP contribution in [0.5, 0.6) is 0 Å². The molecule has 116 valence electrons. The quantitative estimate of drug-likeness (QED) is 0.759. The van der Waals surface area contributed by atoms with Crippen molar-refractivity contribution in [3.8, 4) is 11.3 Å². The maximum atomic E-state index is 13.6. The summed E-state index contributed by atoms with van der Waals surface area (Å²) in [5, 5.41) is 5.36. The highest BCUT2D eigenvalue weighted by molar-refractivity contribution is 7.09. The van der Waals surface area contributed by atoms with E-state index in [9.17, 15) is 13.6 Å². The molecule has 1 aromatic heterocycles. The van der Waals surface area contributed by atoms with Gasteiger partial charge >= 0.3 is 0 Å².